The summed E-state index contributed by atoms with van der Waals surface area (Å²) >= 11 is 0. The Balaban J connectivity index is 2.67. The predicted octanol–water partition coefficient (Wildman–Crippen LogP) is -0.577. The molecule has 1 N–H and O–H groups in total. The number of amides is 2. The zero-order chi connectivity index (χ0) is 13.9. The zero-order valence-corrected chi connectivity index (χ0v) is 11.3. The molecule has 0 aliphatic carbocycles. The third-order valence-electron chi connectivity index (χ3n) is 3.30. The number of nitriles is 1. The van der Waals surface area contributed by atoms with Gasteiger partial charge in [0, 0.05) is 27.2 Å². The van der Waals surface area contributed by atoms with E-state index < -0.39 is 0 Å². The third kappa shape index (κ3) is 2.99. The van der Waals surface area contributed by atoms with Crippen molar-refractivity contribution < 1.29 is 9.59 Å². The summed E-state index contributed by atoms with van der Waals surface area (Å²) in [6, 6.07) is 1.55. The van der Waals surface area contributed by atoms with Gasteiger partial charge in [-0.15, -0.1) is 0 Å². The molecule has 1 aliphatic heterocycles. The fraction of sp³-hybridized carbons (Fsp3) is 0.750. The lowest BCUT2D eigenvalue weighted by Gasteiger charge is -2.18. The van der Waals surface area contributed by atoms with Crippen LogP contribution in [0.25, 0.3) is 0 Å². The highest BCUT2D eigenvalue weighted by Crippen LogP contribution is 2.23. The first-order valence-corrected chi connectivity index (χ1v) is 5.97. The number of likely N-dealkylation sites (N-methyl/N-ethyl adjacent to an activating group) is 1. The van der Waals surface area contributed by atoms with Crippen LogP contribution in [-0.2, 0) is 9.59 Å². The standard InChI is InChI=1S/C12H20N4O2/c1-8-9(11(17)15(2)3)7-10(14-8)12(18)16(4)6-5-13/h8-10,14H,6-7H2,1-4H3/t8-,9-,10-/m0/s1. The molecular formula is C12H20N4O2. The fourth-order valence-corrected chi connectivity index (χ4v) is 2.23. The average Bonchev–Trinajstić information content (AvgIpc) is 2.69. The maximum absolute atomic E-state index is 12.0. The predicted molar refractivity (Wildman–Crippen MR) is 66.4 cm³/mol. The summed E-state index contributed by atoms with van der Waals surface area (Å²) in [6.45, 7) is 1.97. The highest BCUT2D eigenvalue weighted by atomic mass is 16.2. The minimum Gasteiger partial charge on any atom is -0.349 e. The first kappa shape index (κ1) is 14.5. The van der Waals surface area contributed by atoms with Crippen molar-refractivity contribution in [3.8, 4) is 6.07 Å². The first-order valence-electron chi connectivity index (χ1n) is 5.97. The van der Waals surface area contributed by atoms with E-state index in [1.165, 1.54) is 4.90 Å². The lowest BCUT2D eigenvalue weighted by molar-refractivity contribution is -0.133. The fourth-order valence-electron chi connectivity index (χ4n) is 2.23. The van der Waals surface area contributed by atoms with Crippen molar-refractivity contribution in [2.75, 3.05) is 27.7 Å². The molecule has 2 amide bonds. The number of nitrogens with zero attached hydrogens (tertiary/aromatic N) is 3. The highest BCUT2D eigenvalue weighted by molar-refractivity contribution is 5.85. The molecule has 18 heavy (non-hydrogen) atoms. The molecule has 100 valence electrons. The van der Waals surface area contributed by atoms with Crippen molar-refractivity contribution in [1.82, 2.24) is 15.1 Å². The van der Waals surface area contributed by atoms with Crippen LogP contribution < -0.4 is 5.32 Å². The normalized spacial score (nSPS) is 26.5. The molecule has 0 unspecified atom stereocenters. The van der Waals surface area contributed by atoms with Gasteiger partial charge in [-0.2, -0.15) is 5.26 Å². The summed E-state index contributed by atoms with van der Waals surface area (Å²) in [5.74, 6) is -0.268. The van der Waals surface area contributed by atoms with Crippen molar-refractivity contribution in [2.45, 2.75) is 25.4 Å². The molecular weight excluding hydrogens is 232 g/mol. The quantitative estimate of drug-likeness (QED) is 0.682. The summed E-state index contributed by atoms with van der Waals surface area (Å²) in [7, 11) is 5.02. The summed E-state index contributed by atoms with van der Waals surface area (Å²) in [6.07, 6.45) is 0.493. The molecule has 1 rings (SSSR count). The molecule has 0 radical (unpaired) electrons. The Bertz CT molecular complexity index is 375. The molecule has 3 atom stereocenters. The Morgan fingerprint density at radius 1 is 1.33 bits per heavy atom. The monoisotopic (exact) mass is 252 g/mol. The lowest BCUT2D eigenvalue weighted by Crippen LogP contribution is -2.43. The molecule has 0 aromatic carbocycles. The number of hydrogen-bond acceptors (Lipinski definition) is 4. The smallest absolute Gasteiger partial charge is 0.240 e. The molecule has 1 aliphatic rings. The van der Waals surface area contributed by atoms with Crippen LogP contribution in [-0.4, -0.2) is 61.4 Å². The van der Waals surface area contributed by atoms with Crippen LogP contribution in [0.1, 0.15) is 13.3 Å². The van der Waals surface area contributed by atoms with Gasteiger partial charge < -0.3 is 15.1 Å². The molecule has 0 bridgehead atoms. The van der Waals surface area contributed by atoms with E-state index in [1.807, 2.05) is 13.0 Å². The highest BCUT2D eigenvalue weighted by Gasteiger charge is 2.40. The van der Waals surface area contributed by atoms with Gasteiger partial charge in [0.2, 0.25) is 11.8 Å². The summed E-state index contributed by atoms with van der Waals surface area (Å²) in [5, 5.41) is 11.7. The van der Waals surface area contributed by atoms with Crippen molar-refractivity contribution in [3.05, 3.63) is 0 Å². The van der Waals surface area contributed by atoms with Gasteiger partial charge in [-0.25, -0.2) is 0 Å². The molecule has 0 spiro atoms. The summed E-state index contributed by atoms with van der Waals surface area (Å²) in [5.41, 5.74) is 0. The number of hydrogen-bond donors (Lipinski definition) is 1. The molecule has 1 heterocycles. The van der Waals surface area contributed by atoms with Crippen LogP contribution in [0.3, 0.4) is 0 Å². The Morgan fingerprint density at radius 2 is 1.94 bits per heavy atom. The van der Waals surface area contributed by atoms with E-state index in [2.05, 4.69) is 5.32 Å². The van der Waals surface area contributed by atoms with E-state index in [0.29, 0.717) is 6.42 Å². The Kier molecular flexibility index (Phi) is 4.68. The van der Waals surface area contributed by atoms with Crippen LogP contribution >= 0.6 is 0 Å². The molecule has 0 aromatic heterocycles. The zero-order valence-electron chi connectivity index (χ0n) is 11.3. The van der Waals surface area contributed by atoms with Gasteiger partial charge in [-0.3, -0.25) is 9.59 Å². The van der Waals surface area contributed by atoms with E-state index >= 15 is 0 Å². The number of nitrogens with one attached hydrogen (secondary N) is 1. The largest absolute Gasteiger partial charge is 0.349 e. The molecule has 6 nitrogen and oxygen atoms in total. The van der Waals surface area contributed by atoms with E-state index in [-0.39, 0.29) is 36.4 Å². The van der Waals surface area contributed by atoms with Gasteiger partial charge in [-0.05, 0) is 13.3 Å². The Morgan fingerprint density at radius 3 is 2.44 bits per heavy atom. The minimum atomic E-state index is -0.368. The molecule has 0 aromatic rings. The van der Waals surface area contributed by atoms with Crippen LogP contribution in [0.5, 0.6) is 0 Å². The van der Waals surface area contributed by atoms with E-state index in [0.717, 1.165) is 0 Å². The molecule has 6 heteroatoms. The minimum absolute atomic E-state index is 0.0238. The van der Waals surface area contributed by atoms with Crippen molar-refractivity contribution >= 4 is 11.8 Å². The van der Waals surface area contributed by atoms with E-state index in [1.54, 1.807) is 26.0 Å². The number of carbonyl (C=O) groups excluding carboxylic acids is 2. The van der Waals surface area contributed by atoms with Gasteiger partial charge in [-0.1, -0.05) is 0 Å². The second-order valence-corrected chi connectivity index (χ2v) is 4.94. The van der Waals surface area contributed by atoms with Gasteiger partial charge in [0.1, 0.15) is 6.54 Å². The maximum Gasteiger partial charge on any atom is 0.240 e. The van der Waals surface area contributed by atoms with Crippen molar-refractivity contribution in [3.63, 3.8) is 0 Å². The van der Waals surface area contributed by atoms with E-state index in [4.69, 9.17) is 5.26 Å². The number of carbonyl (C=O) groups is 2. The number of rotatable bonds is 3. The van der Waals surface area contributed by atoms with Gasteiger partial charge >= 0.3 is 0 Å². The van der Waals surface area contributed by atoms with Gasteiger partial charge in [0.25, 0.3) is 0 Å². The lowest BCUT2D eigenvalue weighted by atomic mass is 9.98. The van der Waals surface area contributed by atoms with Crippen molar-refractivity contribution in [2.24, 2.45) is 5.92 Å². The van der Waals surface area contributed by atoms with Crippen LogP contribution in [0.15, 0.2) is 0 Å². The third-order valence-corrected chi connectivity index (χ3v) is 3.30. The summed E-state index contributed by atoms with van der Waals surface area (Å²) < 4.78 is 0. The Labute approximate surface area is 108 Å². The Hall–Kier alpha value is -1.61. The van der Waals surface area contributed by atoms with Gasteiger partial charge in [0.15, 0.2) is 0 Å². The molecule has 0 saturated carbocycles. The maximum atomic E-state index is 12.0. The van der Waals surface area contributed by atoms with E-state index in [9.17, 15) is 9.59 Å². The van der Waals surface area contributed by atoms with Crippen LogP contribution in [0.4, 0.5) is 0 Å². The van der Waals surface area contributed by atoms with Crippen molar-refractivity contribution in [1.29, 1.82) is 5.26 Å². The summed E-state index contributed by atoms with van der Waals surface area (Å²) in [4.78, 5) is 26.9. The van der Waals surface area contributed by atoms with Crippen LogP contribution in [0, 0.1) is 17.2 Å². The second-order valence-electron chi connectivity index (χ2n) is 4.94. The SMILES string of the molecule is C[C@@H]1N[C@H](C(=O)N(C)CC#N)C[C@@H]1C(=O)N(C)C. The second kappa shape index (κ2) is 5.83. The molecule has 1 fully saturated rings. The molecule has 1 saturated heterocycles. The van der Waals surface area contributed by atoms with Gasteiger partial charge in [0.05, 0.1) is 18.0 Å². The first-order chi connectivity index (χ1) is 8.38. The average molecular weight is 252 g/mol. The van der Waals surface area contributed by atoms with Crippen LogP contribution in [0.2, 0.25) is 0 Å². The topological polar surface area (TPSA) is 76.4 Å².